The summed E-state index contributed by atoms with van der Waals surface area (Å²) in [5.41, 5.74) is 1.55. The number of rotatable bonds is 4. The molecule has 0 radical (unpaired) electrons. The van der Waals surface area contributed by atoms with Gasteiger partial charge >= 0.3 is 0 Å². The number of nitriles is 2. The molecule has 0 aliphatic heterocycles. The molecule has 1 aromatic heterocycles. The zero-order chi connectivity index (χ0) is 14.5. The van der Waals surface area contributed by atoms with Crippen molar-refractivity contribution < 1.29 is 4.39 Å². The van der Waals surface area contributed by atoms with E-state index in [4.69, 9.17) is 10.5 Å². The highest BCUT2D eigenvalue weighted by Gasteiger charge is 2.14. The Hall–Kier alpha value is -2.70. The summed E-state index contributed by atoms with van der Waals surface area (Å²) in [6, 6.07) is 8.12. The normalized spacial score (nSPS) is 10.0. The number of halogens is 1. The van der Waals surface area contributed by atoms with Crippen LogP contribution in [0.2, 0.25) is 0 Å². The molecule has 0 fully saturated rings. The Morgan fingerprint density at radius 2 is 2.15 bits per heavy atom. The first kappa shape index (κ1) is 13.7. The minimum Gasteiger partial charge on any atom is -0.313 e. The van der Waals surface area contributed by atoms with Crippen molar-refractivity contribution >= 4 is 0 Å². The molecule has 0 aliphatic rings. The van der Waals surface area contributed by atoms with E-state index in [1.807, 2.05) is 19.1 Å². The van der Waals surface area contributed by atoms with Gasteiger partial charge in [0.15, 0.2) is 11.4 Å². The van der Waals surface area contributed by atoms with E-state index in [2.05, 4.69) is 10.3 Å². The molecule has 1 N–H and O–H groups in total. The Bertz CT molecular complexity index is 705. The molecule has 2 rings (SSSR count). The third-order valence-electron chi connectivity index (χ3n) is 2.85. The van der Waals surface area contributed by atoms with Gasteiger partial charge in [-0.2, -0.15) is 10.5 Å². The maximum absolute atomic E-state index is 13.4. The second kappa shape index (κ2) is 5.96. The van der Waals surface area contributed by atoms with E-state index in [1.165, 1.54) is 23.0 Å². The Balaban J connectivity index is 2.56. The van der Waals surface area contributed by atoms with Crippen molar-refractivity contribution in [3.8, 4) is 17.8 Å². The molecule has 0 saturated carbocycles. The lowest BCUT2D eigenvalue weighted by Gasteiger charge is -2.11. The van der Waals surface area contributed by atoms with Crippen LogP contribution in [0.3, 0.4) is 0 Å². The molecule has 0 unspecified atom stereocenters. The molecule has 0 saturated heterocycles. The molecular formula is C14H12FN5. The van der Waals surface area contributed by atoms with Crippen LogP contribution < -0.4 is 5.32 Å². The summed E-state index contributed by atoms with van der Waals surface area (Å²) in [6.45, 7) is 3.16. The smallest absolute Gasteiger partial charge is 0.177 e. The number of aromatic nitrogens is 2. The number of hydrogen-bond donors (Lipinski definition) is 1. The summed E-state index contributed by atoms with van der Waals surface area (Å²) < 4.78 is 14.9. The lowest BCUT2D eigenvalue weighted by atomic mass is 10.1. The largest absolute Gasteiger partial charge is 0.313 e. The molecule has 6 heteroatoms. The van der Waals surface area contributed by atoms with E-state index in [-0.39, 0.29) is 17.2 Å². The number of nitrogens with one attached hydrogen (secondary N) is 1. The highest BCUT2D eigenvalue weighted by molar-refractivity contribution is 5.48. The summed E-state index contributed by atoms with van der Waals surface area (Å²) in [6.07, 6.45) is 1.40. The quantitative estimate of drug-likeness (QED) is 0.919. The van der Waals surface area contributed by atoms with Gasteiger partial charge in [0.05, 0.1) is 5.69 Å². The van der Waals surface area contributed by atoms with Crippen LogP contribution in [0.1, 0.15) is 23.9 Å². The number of benzene rings is 1. The third-order valence-corrected chi connectivity index (χ3v) is 2.85. The predicted molar refractivity (Wildman–Crippen MR) is 70.3 cm³/mol. The van der Waals surface area contributed by atoms with Gasteiger partial charge in [-0.3, -0.25) is 4.57 Å². The van der Waals surface area contributed by atoms with Crippen molar-refractivity contribution in [3.05, 3.63) is 47.3 Å². The SMILES string of the molecule is CCNCc1cc(F)ccc1-n1cnc(C#N)c1C#N. The average Bonchev–Trinajstić information content (AvgIpc) is 2.87. The second-order valence-electron chi connectivity index (χ2n) is 4.09. The van der Waals surface area contributed by atoms with E-state index in [0.29, 0.717) is 17.8 Å². The Kier molecular flexibility index (Phi) is 4.09. The lowest BCUT2D eigenvalue weighted by molar-refractivity contribution is 0.620. The molecule has 0 amide bonds. The van der Waals surface area contributed by atoms with Crippen LogP contribution in [0.15, 0.2) is 24.5 Å². The standard InChI is InChI=1S/C14H12FN5/c1-2-18-8-10-5-11(15)3-4-13(10)20-9-19-12(6-16)14(20)7-17/h3-5,9,18H,2,8H2,1H3. The van der Waals surface area contributed by atoms with Crippen molar-refractivity contribution in [1.82, 2.24) is 14.9 Å². The molecule has 2 aromatic rings. The summed E-state index contributed by atoms with van der Waals surface area (Å²) in [5, 5.41) is 21.2. The van der Waals surface area contributed by atoms with Gasteiger partial charge in [0.2, 0.25) is 0 Å². The van der Waals surface area contributed by atoms with Crippen LogP contribution in [-0.4, -0.2) is 16.1 Å². The summed E-state index contributed by atoms with van der Waals surface area (Å²) >= 11 is 0. The number of hydrogen-bond acceptors (Lipinski definition) is 4. The monoisotopic (exact) mass is 269 g/mol. The molecule has 1 aromatic carbocycles. The Morgan fingerprint density at radius 3 is 2.80 bits per heavy atom. The second-order valence-corrected chi connectivity index (χ2v) is 4.09. The van der Waals surface area contributed by atoms with Crippen LogP contribution in [-0.2, 0) is 6.54 Å². The minimum atomic E-state index is -0.346. The van der Waals surface area contributed by atoms with Crippen LogP contribution in [0, 0.1) is 28.5 Å². The highest BCUT2D eigenvalue weighted by atomic mass is 19.1. The highest BCUT2D eigenvalue weighted by Crippen LogP contribution is 2.19. The topological polar surface area (TPSA) is 77.4 Å². The molecule has 5 nitrogen and oxygen atoms in total. The van der Waals surface area contributed by atoms with Gasteiger partial charge in [-0.1, -0.05) is 6.92 Å². The molecule has 100 valence electrons. The predicted octanol–water partition coefficient (Wildman–Crippen LogP) is 1.86. The maximum Gasteiger partial charge on any atom is 0.177 e. The molecule has 0 spiro atoms. The molecular weight excluding hydrogens is 257 g/mol. The van der Waals surface area contributed by atoms with Crippen molar-refractivity contribution in [1.29, 1.82) is 10.5 Å². The fraction of sp³-hybridized carbons (Fsp3) is 0.214. The number of imidazole rings is 1. The van der Waals surface area contributed by atoms with E-state index in [9.17, 15) is 4.39 Å². The first-order valence-corrected chi connectivity index (χ1v) is 6.08. The van der Waals surface area contributed by atoms with E-state index in [0.717, 1.165) is 6.54 Å². The van der Waals surface area contributed by atoms with E-state index < -0.39 is 0 Å². The van der Waals surface area contributed by atoms with Crippen LogP contribution in [0.25, 0.3) is 5.69 Å². The van der Waals surface area contributed by atoms with Crippen molar-refractivity contribution in [3.63, 3.8) is 0 Å². The first-order chi connectivity index (χ1) is 9.71. The zero-order valence-corrected chi connectivity index (χ0v) is 10.9. The van der Waals surface area contributed by atoms with Crippen molar-refractivity contribution in [2.75, 3.05) is 6.54 Å². The zero-order valence-electron chi connectivity index (χ0n) is 10.9. The van der Waals surface area contributed by atoms with Gasteiger partial charge in [-0.25, -0.2) is 9.37 Å². The Labute approximate surface area is 115 Å². The van der Waals surface area contributed by atoms with E-state index >= 15 is 0 Å². The summed E-state index contributed by atoms with van der Waals surface area (Å²) in [7, 11) is 0. The van der Waals surface area contributed by atoms with Crippen LogP contribution in [0.5, 0.6) is 0 Å². The van der Waals surface area contributed by atoms with Gasteiger partial charge in [0.25, 0.3) is 0 Å². The van der Waals surface area contributed by atoms with Gasteiger partial charge < -0.3 is 5.32 Å². The molecule has 0 aliphatic carbocycles. The average molecular weight is 269 g/mol. The Morgan fingerprint density at radius 1 is 1.35 bits per heavy atom. The van der Waals surface area contributed by atoms with Gasteiger partial charge in [-0.05, 0) is 30.3 Å². The maximum atomic E-state index is 13.4. The first-order valence-electron chi connectivity index (χ1n) is 6.08. The van der Waals surface area contributed by atoms with Crippen molar-refractivity contribution in [2.45, 2.75) is 13.5 Å². The number of nitrogens with zero attached hydrogens (tertiary/aromatic N) is 4. The fourth-order valence-electron chi connectivity index (χ4n) is 1.91. The molecule has 1 heterocycles. The van der Waals surface area contributed by atoms with Gasteiger partial charge in [0, 0.05) is 6.54 Å². The third kappa shape index (κ3) is 2.51. The molecule has 0 atom stereocenters. The molecule has 20 heavy (non-hydrogen) atoms. The minimum absolute atomic E-state index is 0.0613. The fourth-order valence-corrected chi connectivity index (χ4v) is 1.91. The summed E-state index contributed by atoms with van der Waals surface area (Å²) in [5.74, 6) is -0.346. The van der Waals surface area contributed by atoms with Crippen LogP contribution in [0.4, 0.5) is 4.39 Å². The molecule has 0 bridgehead atoms. The van der Waals surface area contributed by atoms with E-state index in [1.54, 1.807) is 6.07 Å². The van der Waals surface area contributed by atoms with Gasteiger partial charge in [-0.15, -0.1) is 0 Å². The summed E-state index contributed by atoms with van der Waals surface area (Å²) in [4.78, 5) is 3.89. The van der Waals surface area contributed by atoms with Crippen molar-refractivity contribution in [2.24, 2.45) is 0 Å². The van der Waals surface area contributed by atoms with Gasteiger partial charge in [0.1, 0.15) is 24.3 Å². The lowest BCUT2D eigenvalue weighted by Crippen LogP contribution is -2.14. The van der Waals surface area contributed by atoms with Crippen LogP contribution >= 0.6 is 0 Å².